The van der Waals surface area contributed by atoms with Crippen LogP contribution in [0.5, 0.6) is 0 Å². The number of ether oxygens (including phenoxy) is 2. The number of alkyl halides is 1. The lowest BCUT2D eigenvalue weighted by Crippen LogP contribution is -2.62. The summed E-state index contributed by atoms with van der Waals surface area (Å²) < 4.78 is 39.9. The van der Waals surface area contributed by atoms with E-state index >= 15 is 0 Å². The number of rotatable bonds is 4. The summed E-state index contributed by atoms with van der Waals surface area (Å²) in [6.07, 6.45) is -3.85. The van der Waals surface area contributed by atoms with Gasteiger partial charge in [-0.1, -0.05) is 77.0 Å². The quantitative estimate of drug-likeness (QED) is 0.273. The van der Waals surface area contributed by atoms with E-state index in [1.165, 1.54) is 0 Å². The summed E-state index contributed by atoms with van der Waals surface area (Å²) >= 11 is 0. The standard InChI is InChI=1S/C21H32FN3O4Si/c1-20(2,3)30(21(4,5)6)27-13-15-17(26-12-14-10-8-7-9-11-14)18(29-30)16(24-25-23)19(22)28-15/h7-11,15-19H,12-13H2,1-6H3/t15-,16-,17+,18-,19-/m1/s1. The first-order valence-electron chi connectivity index (χ1n) is 10.3. The monoisotopic (exact) mass is 437 g/mol. The Bertz CT molecular complexity index is 763. The molecule has 0 spiro atoms. The van der Waals surface area contributed by atoms with Crippen molar-refractivity contribution in [2.24, 2.45) is 5.11 Å². The van der Waals surface area contributed by atoms with E-state index in [1.807, 2.05) is 30.3 Å². The van der Waals surface area contributed by atoms with Gasteiger partial charge in [0.15, 0.2) is 0 Å². The minimum absolute atomic E-state index is 0.167. The lowest BCUT2D eigenvalue weighted by molar-refractivity contribution is -0.223. The molecule has 2 heterocycles. The average molecular weight is 438 g/mol. The Kier molecular flexibility index (Phi) is 6.62. The van der Waals surface area contributed by atoms with Crippen LogP contribution in [0.15, 0.2) is 35.4 Å². The molecule has 2 fully saturated rings. The molecule has 3 rings (SSSR count). The minimum Gasteiger partial charge on any atom is -0.391 e. The molecule has 2 bridgehead atoms. The van der Waals surface area contributed by atoms with Gasteiger partial charge >= 0.3 is 8.56 Å². The highest BCUT2D eigenvalue weighted by atomic mass is 28.4. The Morgan fingerprint density at radius 2 is 1.80 bits per heavy atom. The molecule has 0 aromatic heterocycles. The van der Waals surface area contributed by atoms with Crippen LogP contribution in [0, 0.1) is 0 Å². The van der Waals surface area contributed by atoms with E-state index in [2.05, 4.69) is 51.6 Å². The van der Waals surface area contributed by atoms with Gasteiger partial charge in [0.1, 0.15) is 18.2 Å². The molecular formula is C21H32FN3O4Si. The van der Waals surface area contributed by atoms with Gasteiger partial charge in [-0.15, -0.1) is 0 Å². The zero-order chi connectivity index (χ0) is 22.2. The molecule has 5 atom stereocenters. The topological polar surface area (TPSA) is 85.7 Å². The van der Waals surface area contributed by atoms with Crippen LogP contribution >= 0.6 is 0 Å². The molecule has 0 radical (unpaired) electrons. The van der Waals surface area contributed by atoms with Gasteiger partial charge in [0.25, 0.3) is 0 Å². The van der Waals surface area contributed by atoms with Gasteiger partial charge in [-0.2, -0.15) is 0 Å². The second-order valence-corrected chi connectivity index (χ2v) is 14.8. The third-order valence-electron chi connectivity index (χ3n) is 5.80. The molecule has 7 nitrogen and oxygen atoms in total. The third-order valence-corrected chi connectivity index (χ3v) is 10.9. The fourth-order valence-corrected chi connectivity index (χ4v) is 9.58. The van der Waals surface area contributed by atoms with Gasteiger partial charge in [0, 0.05) is 15.0 Å². The number of benzene rings is 1. The molecule has 0 N–H and O–H groups in total. The average Bonchev–Trinajstić information content (AvgIpc) is 2.78. The van der Waals surface area contributed by atoms with Gasteiger partial charge < -0.3 is 18.3 Å². The Labute approximate surface area is 178 Å². The predicted molar refractivity (Wildman–Crippen MR) is 114 cm³/mol. The van der Waals surface area contributed by atoms with Gasteiger partial charge in [-0.25, -0.2) is 4.39 Å². The van der Waals surface area contributed by atoms with Crippen LogP contribution in [0.4, 0.5) is 4.39 Å². The van der Waals surface area contributed by atoms with Crippen LogP contribution < -0.4 is 0 Å². The van der Waals surface area contributed by atoms with Crippen molar-refractivity contribution in [1.82, 2.24) is 0 Å². The number of halogens is 1. The van der Waals surface area contributed by atoms with E-state index in [1.54, 1.807) is 0 Å². The number of fused-ring (bicyclic) bond motifs is 2. The molecular weight excluding hydrogens is 405 g/mol. The minimum atomic E-state index is -2.98. The predicted octanol–water partition coefficient (Wildman–Crippen LogP) is 5.40. The maximum absolute atomic E-state index is 14.9. The second kappa shape index (κ2) is 8.57. The lowest BCUT2D eigenvalue weighted by atomic mass is 9.98. The molecule has 0 saturated carbocycles. The van der Waals surface area contributed by atoms with E-state index in [4.69, 9.17) is 23.9 Å². The number of nitrogens with zero attached hydrogens (tertiary/aromatic N) is 3. The van der Waals surface area contributed by atoms with Crippen molar-refractivity contribution < 1.29 is 22.7 Å². The van der Waals surface area contributed by atoms with Crippen LogP contribution in [0.3, 0.4) is 0 Å². The number of azide groups is 1. The van der Waals surface area contributed by atoms with E-state index < -0.39 is 39.3 Å². The maximum atomic E-state index is 14.9. The van der Waals surface area contributed by atoms with Crippen molar-refractivity contribution in [2.75, 3.05) is 6.61 Å². The fraction of sp³-hybridized carbons (Fsp3) is 0.714. The third kappa shape index (κ3) is 4.28. The molecule has 0 unspecified atom stereocenters. The summed E-state index contributed by atoms with van der Waals surface area (Å²) in [5.74, 6) is 0. The van der Waals surface area contributed by atoms with Crippen LogP contribution in [-0.2, 0) is 24.9 Å². The molecule has 0 aliphatic carbocycles. The van der Waals surface area contributed by atoms with E-state index in [0.29, 0.717) is 6.61 Å². The van der Waals surface area contributed by atoms with Crippen molar-refractivity contribution in [2.45, 2.75) is 88.9 Å². The zero-order valence-corrected chi connectivity index (χ0v) is 19.5. The summed E-state index contributed by atoms with van der Waals surface area (Å²) in [5.41, 5.74) is 10.0. The van der Waals surface area contributed by atoms with Gasteiger partial charge in [0.05, 0.1) is 19.3 Å². The van der Waals surface area contributed by atoms with Crippen molar-refractivity contribution in [3.63, 3.8) is 0 Å². The van der Waals surface area contributed by atoms with E-state index in [-0.39, 0.29) is 16.7 Å². The lowest BCUT2D eigenvalue weighted by Gasteiger charge is -2.50. The van der Waals surface area contributed by atoms with Crippen molar-refractivity contribution in [3.05, 3.63) is 46.3 Å². The highest BCUT2D eigenvalue weighted by Crippen LogP contribution is 2.55. The first kappa shape index (κ1) is 23.2. The molecule has 2 saturated heterocycles. The summed E-state index contributed by atoms with van der Waals surface area (Å²) in [4.78, 5) is 2.86. The smallest absolute Gasteiger partial charge is 0.349 e. The Hall–Kier alpha value is -1.48. The van der Waals surface area contributed by atoms with Gasteiger partial charge in [0.2, 0.25) is 6.36 Å². The second-order valence-electron chi connectivity index (χ2n) is 9.99. The largest absolute Gasteiger partial charge is 0.391 e. The fourth-order valence-electron chi connectivity index (χ4n) is 4.63. The summed E-state index contributed by atoms with van der Waals surface area (Å²) in [6.45, 7) is 13.0. The first-order chi connectivity index (χ1) is 14.0. The summed E-state index contributed by atoms with van der Waals surface area (Å²) in [6, 6.07) is 8.56. The Morgan fingerprint density at radius 1 is 1.17 bits per heavy atom. The van der Waals surface area contributed by atoms with E-state index in [9.17, 15) is 4.39 Å². The molecule has 30 heavy (non-hydrogen) atoms. The molecule has 2 aliphatic rings. The van der Waals surface area contributed by atoms with Crippen LogP contribution in [-0.4, -0.2) is 45.9 Å². The van der Waals surface area contributed by atoms with Crippen LogP contribution in [0.25, 0.3) is 10.4 Å². The molecule has 1 aromatic carbocycles. The summed E-state index contributed by atoms with van der Waals surface area (Å²) in [7, 11) is -2.98. The molecule has 0 amide bonds. The SMILES string of the molecule is CC(C)(C)[Si]1(C(C)(C)C)OC[C@H]2O[C@@H](F)[C@H](N=[N+]=[N-])[C@@H](O1)[C@H]2OCc1ccccc1. The van der Waals surface area contributed by atoms with Gasteiger partial charge in [-0.05, 0) is 11.1 Å². The van der Waals surface area contributed by atoms with E-state index in [0.717, 1.165) is 5.56 Å². The van der Waals surface area contributed by atoms with Crippen molar-refractivity contribution in [1.29, 1.82) is 0 Å². The Morgan fingerprint density at radius 3 is 2.37 bits per heavy atom. The van der Waals surface area contributed by atoms with Crippen LogP contribution in [0.2, 0.25) is 10.1 Å². The highest BCUT2D eigenvalue weighted by molar-refractivity contribution is 6.73. The highest BCUT2D eigenvalue weighted by Gasteiger charge is 2.64. The Balaban J connectivity index is 2.00. The first-order valence-corrected chi connectivity index (χ1v) is 12.1. The molecule has 166 valence electrons. The normalized spacial score (nSPS) is 31.5. The van der Waals surface area contributed by atoms with Crippen molar-refractivity contribution in [3.8, 4) is 0 Å². The van der Waals surface area contributed by atoms with Gasteiger partial charge in [-0.3, -0.25) is 0 Å². The molecule has 9 heteroatoms. The maximum Gasteiger partial charge on any atom is 0.349 e. The molecule has 2 aliphatic heterocycles. The molecule has 1 aromatic rings. The van der Waals surface area contributed by atoms with Crippen LogP contribution in [0.1, 0.15) is 47.1 Å². The van der Waals surface area contributed by atoms with Crippen molar-refractivity contribution >= 4 is 8.56 Å². The number of hydrogen-bond acceptors (Lipinski definition) is 5. The number of hydrogen-bond donors (Lipinski definition) is 0. The summed E-state index contributed by atoms with van der Waals surface area (Å²) in [5, 5.41) is 3.06. The zero-order valence-electron chi connectivity index (χ0n) is 18.5.